The minimum Gasteiger partial charge on any atom is -0.486 e. The number of rotatable bonds is 6. The highest BCUT2D eigenvalue weighted by molar-refractivity contribution is 7.98. The Kier molecular flexibility index (Phi) is 5.77. The fraction of sp³-hybridized carbons (Fsp3) is 0.182. The molecular formula is C22H20N2O3S. The Balaban J connectivity index is 1.27. The number of fused-ring (bicyclic) bond motifs is 1. The van der Waals surface area contributed by atoms with Crippen LogP contribution in [0.15, 0.2) is 78.0 Å². The first-order chi connectivity index (χ1) is 13.8. The summed E-state index contributed by atoms with van der Waals surface area (Å²) in [5, 5.41) is 2.92. The van der Waals surface area contributed by atoms with Gasteiger partial charge in [0.25, 0.3) is 5.91 Å². The van der Waals surface area contributed by atoms with Gasteiger partial charge < -0.3 is 14.8 Å². The van der Waals surface area contributed by atoms with Crippen LogP contribution in [0.25, 0.3) is 0 Å². The molecule has 1 N–H and O–H groups in total. The normalized spacial score (nSPS) is 15.1. The largest absolute Gasteiger partial charge is 0.486 e. The molecule has 1 unspecified atom stereocenters. The Morgan fingerprint density at radius 1 is 1.07 bits per heavy atom. The van der Waals surface area contributed by atoms with Gasteiger partial charge in [0, 0.05) is 28.6 Å². The molecule has 0 radical (unpaired) electrons. The molecule has 0 saturated heterocycles. The lowest BCUT2D eigenvalue weighted by molar-refractivity contribution is 0.0789. The number of nitrogens with zero attached hydrogens (tertiary/aromatic N) is 1. The molecule has 0 fully saturated rings. The molecule has 0 saturated carbocycles. The molecule has 1 aliphatic heterocycles. The molecule has 0 bridgehead atoms. The van der Waals surface area contributed by atoms with E-state index in [2.05, 4.69) is 16.4 Å². The van der Waals surface area contributed by atoms with Gasteiger partial charge in [-0.15, -0.1) is 11.8 Å². The molecule has 0 aliphatic carbocycles. The Bertz CT molecular complexity index is 932. The summed E-state index contributed by atoms with van der Waals surface area (Å²) in [5.74, 6) is 2.18. The number of hydrogen-bond acceptors (Lipinski definition) is 5. The van der Waals surface area contributed by atoms with Gasteiger partial charge in [-0.2, -0.15) is 0 Å². The second-order valence-corrected chi connectivity index (χ2v) is 7.43. The molecule has 1 atom stereocenters. The van der Waals surface area contributed by atoms with Crippen LogP contribution in [0, 0.1) is 0 Å². The van der Waals surface area contributed by atoms with Gasteiger partial charge >= 0.3 is 0 Å². The predicted molar refractivity (Wildman–Crippen MR) is 109 cm³/mol. The van der Waals surface area contributed by atoms with Gasteiger partial charge in [-0.05, 0) is 48.0 Å². The highest BCUT2D eigenvalue weighted by Gasteiger charge is 2.21. The van der Waals surface area contributed by atoms with Gasteiger partial charge in [-0.25, -0.2) is 0 Å². The Hall–Kier alpha value is -2.99. The number of carbonyl (C=O) groups is 1. The van der Waals surface area contributed by atoms with Crippen LogP contribution >= 0.6 is 11.8 Å². The number of hydrogen-bond donors (Lipinski definition) is 1. The smallest absolute Gasteiger partial charge is 0.251 e. The summed E-state index contributed by atoms with van der Waals surface area (Å²) in [6.45, 7) is 0.811. The van der Waals surface area contributed by atoms with E-state index in [4.69, 9.17) is 9.47 Å². The lowest BCUT2D eigenvalue weighted by atomic mass is 10.2. The number of carbonyl (C=O) groups excluding carboxylic acids is 1. The van der Waals surface area contributed by atoms with E-state index in [-0.39, 0.29) is 12.0 Å². The van der Waals surface area contributed by atoms with E-state index in [1.807, 2.05) is 60.8 Å². The van der Waals surface area contributed by atoms with E-state index in [9.17, 15) is 4.79 Å². The summed E-state index contributed by atoms with van der Waals surface area (Å²) in [5.41, 5.74) is 1.80. The summed E-state index contributed by atoms with van der Waals surface area (Å²) in [7, 11) is 0. The van der Waals surface area contributed by atoms with Gasteiger partial charge in [0.2, 0.25) is 0 Å². The van der Waals surface area contributed by atoms with Crippen LogP contribution in [0.2, 0.25) is 0 Å². The third-order valence-electron chi connectivity index (χ3n) is 4.30. The third kappa shape index (κ3) is 4.64. The van der Waals surface area contributed by atoms with E-state index in [1.165, 1.54) is 5.56 Å². The second kappa shape index (κ2) is 8.80. The fourth-order valence-corrected chi connectivity index (χ4v) is 3.66. The van der Waals surface area contributed by atoms with Crippen molar-refractivity contribution in [1.82, 2.24) is 10.3 Å². The van der Waals surface area contributed by atoms with Crippen molar-refractivity contribution in [2.75, 3.05) is 13.2 Å². The molecule has 5 nitrogen and oxygen atoms in total. The van der Waals surface area contributed by atoms with E-state index < -0.39 is 0 Å². The van der Waals surface area contributed by atoms with Crippen LogP contribution in [0.5, 0.6) is 11.5 Å². The van der Waals surface area contributed by atoms with Crippen molar-refractivity contribution in [3.8, 4) is 11.5 Å². The summed E-state index contributed by atoms with van der Waals surface area (Å²) in [6, 6.07) is 19.1. The average molecular weight is 392 g/mol. The van der Waals surface area contributed by atoms with E-state index in [0.717, 1.165) is 16.4 Å². The predicted octanol–water partition coefficient (Wildman–Crippen LogP) is 3.94. The average Bonchev–Trinajstić information content (AvgIpc) is 2.77. The maximum absolute atomic E-state index is 12.4. The molecule has 4 rings (SSSR count). The van der Waals surface area contributed by atoms with E-state index >= 15 is 0 Å². The maximum atomic E-state index is 12.4. The second-order valence-electron chi connectivity index (χ2n) is 6.38. The van der Waals surface area contributed by atoms with E-state index in [1.54, 1.807) is 18.0 Å². The lowest BCUT2D eigenvalue weighted by Gasteiger charge is -2.26. The number of pyridine rings is 1. The van der Waals surface area contributed by atoms with Gasteiger partial charge in [-0.1, -0.05) is 18.2 Å². The van der Waals surface area contributed by atoms with Crippen molar-refractivity contribution >= 4 is 17.7 Å². The monoisotopic (exact) mass is 392 g/mol. The number of nitrogens with one attached hydrogen (secondary N) is 1. The van der Waals surface area contributed by atoms with E-state index in [0.29, 0.717) is 24.5 Å². The standard InChI is InChI=1S/C22H20N2O3S/c25-22(24-13-18-14-26-20-5-1-2-6-21(20)27-18)17-7-9-19(10-8-17)28-15-16-4-3-11-23-12-16/h1-12,18H,13-15H2,(H,24,25). The Labute approximate surface area is 168 Å². The zero-order valence-corrected chi connectivity index (χ0v) is 16.0. The minimum absolute atomic E-state index is 0.119. The number of thioether (sulfide) groups is 1. The summed E-state index contributed by atoms with van der Waals surface area (Å²) in [4.78, 5) is 17.6. The van der Waals surface area contributed by atoms with Crippen LogP contribution in [0.4, 0.5) is 0 Å². The van der Waals surface area contributed by atoms with Crippen LogP contribution in [-0.4, -0.2) is 30.1 Å². The number of para-hydroxylation sites is 2. The van der Waals surface area contributed by atoms with Gasteiger partial charge in [0.05, 0.1) is 6.54 Å². The Morgan fingerprint density at radius 2 is 1.89 bits per heavy atom. The van der Waals surface area contributed by atoms with Crippen LogP contribution in [0.3, 0.4) is 0 Å². The van der Waals surface area contributed by atoms with Gasteiger partial charge in [0.1, 0.15) is 12.7 Å². The molecule has 1 aliphatic rings. The van der Waals surface area contributed by atoms with Crippen molar-refractivity contribution in [3.63, 3.8) is 0 Å². The summed E-state index contributed by atoms with van der Waals surface area (Å²) >= 11 is 1.72. The molecule has 2 aromatic carbocycles. The number of amides is 1. The number of ether oxygens (including phenoxy) is 2. The fourth-order valence-electron chi connectivity index (χ4n) is 2.82. The molecule has 1 aromatic heterocycles. The van der Waals surface area contributed by atoms with Crippen LogP contribution < -0.4 is 14.8 Å². The molecule has 6 heteroatoms. The van der Waals surface area contributed by atoms with Crippen LogP contribution in [-0.2, 0) is 5.75 Å². The first-order valence-corrected chi connectivity index (χ1v) is 10.0. The SMILES string of the molecule is O=C(NCC1COc2ccccc2O1)c1ccc(SCc2cccnc2)cc1. The van der Waals surface area contributed by atoms with Crippen molar-refractivity contribution in [1.29, 1.82) is 0 Å². The van der Waals surface area contributed by atoms with Crippen molar-refractivity contribution < 1.29 is 14.3 Å². The molecule has 0 spiro atoms. The maximum Gasteiger partial charge on any atom is 0.251 e. The zero-order valence-electron chi connectivity index (χ0n) is 15.2. The first kappa shape index (κ1) is 18.4. The Morgan fingerprint density at radius 3 is 2.68 bits per heavy atom. The van der Waals surface area contributed by atoms with Crippen molar-refractivity contribution in [2.45, 2.75) is 16.8 Å². The zero-order chi connectivity index (χ0) is 19.2. The quantitative estimate of drug-likeness (QED) is 0.644. The number of benzene rings is 2. The first-order valence-electron chi connectivity index (χ1n) is 9.06. The van der Waals surface area contributed by atoms with Gasteiger partial charge in [-0.3, -0.25) is 9.78 Å². The third-order valence-corrected chi connectivity index (χ3v) is 5.39. The molecule has 28 heavy (non-hydrogen) atoms. The van der Waals surface area contributed by atoms with Crippen molar-refractivity contribution in [2.24, 2.45) is 0 Å². The number of aromatic nitrogens is 1. The molecule has 2 heterocycles. The molecule has 142 valence electrons. The molecule has 1 amide bonds. The van der Waals surface area contributed by atoms with Gasteiger partial charge in [0.15, 0.2) is 11.5 Å². The summed E-state index contributed by atoms with van der Waals surface area (Å²) in [6.07, 6.45) is 3.43. The highest BCUT2D eigenvalue weighted by atomic mass is 32.2. The summed E-state index contributed by atoms with van der Waals surface area (Å²) < 4.78 is 11.5. The van der Waals surface area contributed by atoms with Crippen LogP contribution in [0.1, 0.15) is 15.9 Å². The highest BCUT2D eigenvalue weighted by Crippen LogP contribution is 2.30. The molecular weight excluding hydrogens is 372 g/mol. The lowest BCUT2D eigenvalue weighted by Crippen LogP contribution is -2.40. The minimum atomic E-state index is -0.201. The molecule has 3 aromatic rings. The topological polar surface area (TPSA) is 60.5 Å². The van der Waals surface area contributed by atoms with Crippen molar-refractivity contribution in [3.05, 3.63) is 84.2 Å².